The van der Waals surface area contributed by atoms with E-state index in [0.717, 1.165) is 29.9 Å². The third kappa shape index (κ3) is 3.66. The molecule has 3 heterocycles. The number of aromatic nitrogens is 2. The Hall–Kier alpha value is -2.58. The zero-order valence-electron chi connectivity index (χ0n) is 12.8. The molecule has 0 spiro atoms. The number of aromatic carboxylic acids is 1. The molecule has 0 saturated carbocycles. The molecule has 1 aliphatic heterocycles. The molecule has 0 atom stereocenters. The molecule has 1 fully saturated rings. The molecule has 0 aromatic carbocycles. The number of carboxylic acids is 1. The largest absolute Gasteiger partial charge is 0.477 e. The van der Waals surface area contributed by atoms with Gasteiger partial charge in [0.1, 0.15) is 4.88 Å². The van der Waals surface area contributed by atoms with Gasteiger partial charge in [0.2, 0.25) is 11.5 Å². The van der Waals surface area contributed by atoms with Crippen molar-refractivity contribution in [3.63, 3.8) is 0 Å². The van der Waals surface area contributed by atoms with Gasteiger partial charge in [-0.2, -0.15) is 0 Å². The molecule has 0 bridgehead atoms. The summed E-state index contributed by atoms with van der Waals surface area (Å²) in [6.07, 6.45) is 7.43. The van der Waals surface area contributed by atoms with E-state index in [0.29, 0.717) is 24.6 Å². The lowest BCUT2D eigenvalue weighted by Gasteiger charge is -2.33. The highest BCUT2D eigenvalue weighted by atomic mass is 32.1. The van der Waals surface area contributed by atoms with Gasteiger partial charge in [-0.25, -0.2) is 19.8 Å². The van der Waals surface area contributed by atoms with Crippen molar-refractivity contribution in [2.24, 2.45) is 0 Å². The molecule has 8 heteroatoms. The summed E-state index contributed by atoms with van der Waals surface area (Å²) in [4.78, 5) is 30.8. The maximum absolute atomic E-state index is 11.4. The molecule has 1 saturated heterocycles. The van der Waals surface area contributed by atoms with Gasteiger partial charge >= 0.3 is 5.97 Å². The number of rotatable bonds is 5. The smallest absolute Gasteiger partial charge is 0.347 e. The average molecular weight is 344 g/mol. The number of hydrogen-bond acceptors (Lipinski definition) is 6. The minimum Gasteiger partial charge on any atom is -0.477 e. The van der Waals surface area contributed by atoms with E-state index < -0.39 is 5.97 Å². The Morgan fingerprint density at radius 2 is 2.08 bits per heavy atom. The van der Waals surface area contributed by atoms with E-state index in [-0.39, 0.29) is 4.88 Å². The molecular weight excluding hydrogens is 328 g/mol. The van der Waals surface area contributed by atoms with E-state index in [1.165, 1.54) is 16.8 Å². The topological polar surface area (TPSA) is 86.6 Å². The van der Waals surface area contributed by atoms with Gasteiger partial charge in [-0.1, -0.05) is 23.0 Å². The van der Waals surface area contributed by atoms with Crippen LogP contribution in [0.15, 0.2) is 36.2 Å². The van der Waals surface area contributed by atoms with Crippen molar-refractivity contribution >= 4 is 34.9 Å². The summed E-state index contributed by atoms with van der Waals surface area (Å²) in [7, 11) is 0. The van der Waals surface area contributed by atoms with Crippen LogP contribution >= 0.6 is 11.3 Å². The van der Waals surface area contributed by atoms with Crippen LogP contribution in [-0.2, 0) is 4.79 Å². The number of anilines is 1. The van der Waals surface area contributed by atoms with Crippen molar-refractivity contribution in [1.29, 1.82) is 0 Å². The normalized spacial score (nSPS) is 15.1. The third-order valence-corrected chi connectivity index (χ3v) is 4.70. The Morgan fingerprint density at radius 3 is 2.67 bits per heavy atom. The fraction of sp³-hybridized carbons (Fsp3) is 0.250. The molecule has 2 aromatic rings. The Morgan fingerprint density at radius 1 is 1.29 bits per heavy atom. The van der Waals surface area contributed by atoms with Crippen molar-refractivity contribution in [2.75, 3.05) is 18.1 Å². The predicted molar refractivity (Wildman–Crippen MR) is 90.6 cm³/mol. The van der Waals surface area contributed by atoms with Crippen LogP contribution in [0.25, 0.3) is 6.08 Å². The highest BCUT2D eigenvalue weighted by Crippen LogP contribution is 2.26. The molecule has 124 valence electrons. The predicted octanol–water partition coefficient (Wildman–Crippen LogP) is 2.29. The van der Waals surface area contributed by atoms with Crippen molar-refractivity contribution in [2.45, 2.75) is 12.8 Å². The zero-order chi connectivity index (χ0) is 16.9. The highest BCUT2D eigenvalue weighted by Gasteiger charge is 2.23. The SMILES string of the molecule is O=CN(c1ncc(C(=O)O)s1)N1CCC(=Cc2ccccn2)CC1. The summed E-state index contributed by atoms with van der Waals surface area (Å²) in [5, 5.41) is 12.6. The second-order valence-corrected chi connectivity index (χ2v) is 6.28. The molecule has 0 unspecified atom stereocenters. The number of carbonyl (C=O) groups is 2. The number of amides is 1. The Balaban J connectivity index is 1.67. The van der Waals surface area contributed by atoms with Gasteiger partial charge < -0.3 is 5.11 Å². The van der Waals surface area contributed by atoms with Gasteiger partial charge in [-0.05, 0) is 31.1 Å². The second kappa shape index (κ2) is 7.33. The highest BCUT2D eigenvalue weighted by molar-refractivity contribution is 7.17. The number of piperidine rings is 1. The Bertz CT molecular complexity index is 750. The molecule has 1 amide bonds. The summed E-state index contributed by atoms with van der Waals surface area (Å²) in [6, 6.07) is 5.79. The fourth-order valence-electron chi connectivity index (χ4n) is 2.51. The summed E-state index contributed by atoms with van der Waals surface area (Å²) in [6.45, 7) is 1.33. The first-order chi connectivity index (χ1) is 11.7. The summed E-state index contributed by atoms with van der Waals surface area (Å²) in [5.41, 5.74) is 2.21. The van der Waals surface area contributed by atoms with E-state index in [1.54, 1.807) is 6.20 Å². The monoisotopic (exact) mass is 344 g/mol. The second-order valence-electron chi connectivity index (χ2n) is 5.27. The van der Waals surface area contributed by atoms with Gasteiger partial charge in [0.05, 0.1) is 11.9 Å². The number of hydrazine groups is 1. The van der Waals surface area contributed by atoms with Crippen molar-refractivity contribution in [1.82, 2.24) is 15.0 Å². The molecule has 1 aliphatic rings. The van der Waals surface area contributed by atoms with Crippen molar-refractivity contribution < 1.29 is 14.7 Å². The van der Waals surface area contributed by atoms with Crippen molar-refractivity contribution in [3.05, 3.63) is 46.7 Å². The van der Waals surface area contributed by atoms with Crippen molar-refractivity contribution in [3.8, 4) is 0 Å². The van der Waals surface area contributed by atoms with Crippen LogP contribution in [0.2, 0.25) is 0 Å². The van der Waals surface area contributed by atoms with E-state index in [2.05, 4.69) is 16.0 Å². The first-order valence-electron chi connectivity index (χ1n) is 7.46. The molecule has 0 aliphatic carbocycles. The van der Waals surface area contributed by atoms with Crippen LogP contribution in [0, 0.1) is 0 Å². The third-order valence-electron chi connectivity index (χ3n) is 3.73. The van der Waals surface area contributed by atoms with E-state index in [1.807, 2.05) is 23.2 Å². The molecule has 0 radical (unpaired) electrons. The molecule has 7 nitrogen and oxygen atoms in total. The standard InChI is InChI=1S/C16H16N4O3S/c21-11-20(16-18-10-14(24-16)15(22)23)19-7-4-12(5-8-19)9-13-3-1-2-6-17-13/h1-3,6,9-11H,4-5,7-8H2,(H,22,23). The van der Waals surface area contributed by atoms with Crippen LogP contribution in [0.5, 0.6) is 0 Å². The van der Waals surface area contributed by atoms with Gasteiger partial charge in [0, 0.05) is 19.3 Å². The van der Waals surface area contributed by atoms with E-state index >= 15 is 0 Å². The lowest BCUT2D eigenvalue weighted by molar-refractivity contribution is -0.110. The molecule has 1 N–H and O–H groups in total. The molecular formula is C16H16N4O3S. The maximum Gasteiger partial charge on any atom is 0.347 e. The fourth-order valence-corrected chi connectivity index (χ4v) is 3.26. The number of pyridine rings is 1. The number of carboxylic acid groups (broad SMARTS) is 1. The van der Waals surface area contributed by atoms with Crippen LogP contribution in [0.1, 0.15) is 28.2 Å². The quantitative estimate of drug-likeness (QED) is 0.838. The number of hydrogen-bond donors (Lipinski definition) is 1. The van der Waals surface area contributed by atoms with Gasteiger partial charge in [-0.15, -0.1) is 0 Å². The Kier molecular flexibility index (Phi) is 4.97. The molecule has 2 aromatic heterocycles. The Labute approximate surface area is 142 Å². The molecule has 24 heavy (non-hydrogen) atoms. The van der Waals surface area contributed by atoms with Gasteiger partial charge in [-0.3, -0.25) is 9.78 Å². The average Bonchev–Trinajstić information content (AvgIpc) is 3.08. The zero-order valence-corrected chi connectivity index (χ0v) is 13.6. The lowest BCUT2D eigenvalue weighted by atomic mass is 10.0. The maximum atomic E-state index is 11.4. The van der Waals surface area contributed by atoms with E-state index in [9.17, 15) is 9.59 Å². The number of nitrogens with zero attached hydrogens (tertiary/aromatic N) is 4. The van der Waals surface area contributed by atoms with Gasteiger partial charge in [0.15, 0.2) is 0 Å². The molecule has 3 rings (SSSR count). The first kappa shape index (κ1) is 16.3. The van der Waals surface area contributed by atoms with Crippen LogP contribution in [0.3, 0.4) is 0 Å². The summed E-state index contributed by atoms with van der Waals surface area (Å²) in [5.74, 6) is -1.04. The van der Waals surface area contributed by atoms with Gasteiger partial charge in [0.25, 0.3) is 0 Å². The number of carbonyl (C=O) groups excluding carboxylic acids is 1. The van der Waals surface area contributed by atoms with Crippen LogP contribution in [-0.4, -0.2) is 45.6 Å². The van der Waals surface area contributed by atoms with E-state index in [4.69, 9.17) is 5.11 Å². The summed E-state index contributed by atoms with van der Waals surface area (Å²) < 4.78 is 0. The number of thiazole rings is 1. The first-order valence-corrected chi connectivity index (χ1v) is 8.28. The summed E-state index contributed by atoms with van der Waals surface area (Å²) >= 11 is 0.988. The van der Waals surface area contributed by atoms with Crippen LogP contribution in [0.4, 0.5) is 5.13 Å². The minimum absolute atomic E-state index is 0.115. The minimum atomic E-state index is -1.04. The lowest BCUT2D eigenvalue weighted by Crippen LogP contribution is -2.45. The van der Waals surface area contributed by atoms with Crippen LogP contribution < -0.4 is 5.01 Å².